The van der Waals surface area contributed by atoms with Gasteiger partial charge in [0.05, 0.1) is 23.5 Å². The van der Waals surface area contributed by atoms with Crippen molar-refractivity contribution < 1.29 is 22.7 Å². The van der Waals surface area contributed by atoms with E-state index in [2.05, 4.69) is 5.32 Å². The number of rotatable bonds is 5. The van der Waals surface area contributed by atoms with Gasteiger partial charge in [-0.2, -0.15) is 4.31 Å². The maximum Gasteiger partial charge on any atom is 0.341 e. The number of amides is 1. The van der Waals surface area contributed by atoms with Crippen molar-refractivity contribution in [3.8, 4) is 0 Å². The molecule has 0 bridgehead atoms. The van der Waals surface area contributed by atoms with Crippen LogP contribution in [0.1, 0.15) is 58.5 Å². The van der Waals surface area contributed by atoms with Crippen LogP contribution in [0.5, 0.6) is 0 Å². The molecule has 33 heavy (non-hydrogen) atoms. The summed E-state index contributed by atoms with van der Waals surface area (Å²) in [6.07, 6.45) is 6.10. The van der Waals surface area contributed by atoms with Crippen LogP contribution in [-0.4, -0.2) is 44.8 Å². The maximum atomic E-state index is 13.2. The minimum atomic E-state index is -3.67. The van der Waals surface area contributed by atoms with E-state index in [-0.39, 0.29) is 17.3 Å². The summed E-state index contributed by atoms with van der Waals surface area (Å²) in [4.78, 5) is 27.1. The molecule has 2 aromatic rings. The second-order valence-electron chi connectivity index (χ2n) is 8.76. The third-order valence-electron chi connectivity index (χ3n) is 6.46. The van der Waals surface area contributed by atoms with Crippen LogP contribution in [-0.2, 0) is 32.4 Å². The van der Waals surface area contributed by atoms with Crippen LogP contribution in [0, 0.1) is 12.8 Å². The Labute approximate surface area is 199 Å². The molecule has 178 valence electrons. The van der Waals surface area contributed by atoms with Crippen LogP contribution >= 0.6 is 11.3 Å². The smallest absolute Gasteiger partial charge is 0.341 e. The SMILES string of the molecule is COC(=O)c1c(NC(=O)C2CCCN(S(=O)(=O)c3ccc(C)cc3)C2)sc2c1CCCCC2. The van der Waals surface area contributed by atoms with E-state index in [0.717, 1.165) is 48.1 Å². The van der Waals surface area contributed by atoms with Gasteiger partial charge in [-0.1, -0.05) is 24.1 Å². The second-order valence-corrected chi connectivity index (χ2v) is 11.8. The molecule has 1 aliphatic carbocycles. The lowest BCUT2D eigenvalue weighted by Crippen LogP contribution is -2.43. The highest BCUT2D eigenvalue weighted by atomic mass is 32.2. The van der Waals surface area contributed by atoms with Crippen molar-refractivity contribution in [2.75, 3.05) is 25.5 Å². The van der Waals surface area contributed by atoms with Crippen LogP contribution in [0.4, 0.5) is 5.00 Å². The minimum Gasteiger partial charge on any atom is -0.465 e. The Bertz CT molecular complexity index is 1140. The van der Waals surface area contributed by atoms with Gasteiger partial charge in [-0.25, -0.2) is 13.2 Å². The van der Waals surface area contributed by atoms with Crippen molar-refractivity contribution in [3.63, 3.8) is 0 Å². The minimum absolute atomic E-state index is 0.126. The molecule has 1 saturated heterocycles. The number of carbonyl (C=O) groups excluding carboxylic acids is 2. The van der Waals surface area contributed by atoms with Crippen molar-refractivity contribution in [2.24, 2.45) is 5.92 Å². The van der Waals surface area contributed by atoms with Crippen LogP contribution in [0.25, 0.3) is 0 Å². The molecule has 0 radical (unpaired) electrons. The molecule has 1 unspecified atom stereocenters. The van der Waals surface area contributed by atoms with Gasteiger partial charge in [-0.05, 0) is 63.1 Å². The Balaban J connectivity index is 1.53. The molecule has 1 aliphatic heterocycles. The highest BCUT2D eigenvalue weighted by Crippen LogP contribution is 2.38. The number of carbonyl (C=O) groups is 2. The van der Waals surface area contributed by atoms with E-state index in [1.165, 1.54) is 22.8 Å². The Morgan fingerprint density at radius 2 is 1.82 bits per heavy atom. The zero-order valence-electron chi connectivity index (χ0n) is 19.1. The van der Waals surface area contributed by atoms with Gasteiger partial charge >= 0.3 is 5.97 Å². The first-order chi connectivity index (χ1) is 15.8. The van der Waals surface area contributed by atoms with E-state index in [1.807, 2.05) is 6.92 Å². The molecule has 1 amide bonds. The zero-order chi connectivity index (χ0) is 23.6. The van der Waals surface area contributed by atoms with Crippen molar-refractivity contribution in [1.82, 2.24) is 4.31 Å². The van der Waals surface area contributed by atoms with Crippen LogP contribution in [0.15, 0.2) is 29.2 Å². The van der Waals surface area contributed by atoms with Gasteiger partial charge < -0.3 is 10.1 Å². The number of nitrogens with zero attached hydrogens (tertiary/aromatic N) is 1. The lowest BCUT2D eigenvalue weighted by atomic mass is 9.98. The largest absolute Gasteiger partial charge is 0.465 e. The lowest BCUT2D eigenvalue weighted by molar-refractivity contribution is -0.120. The number of benzene rings is 1. The van der Waals surface area contributed by atoms with Gasteiger partial charge in [0.15, 0.2) is 0 Å². The molecule has 4 rings (SSSR count). The monoisotopic (exact) mass is 490 g/mol. The summed E-state index contributed by atoms with van der Waals surface area (Å²) < 4.78 is 32.6. The average molecular weight is 491 g/mol. The van der Waals surface area contributed by atoms with E-state index in [9.17, 15) is 18.0 Å². The zero-order valence-corrected chi connectivity index (χ0v) is 20.7. The second kappa shape index (κ2) is 9.95. The number of hydrogen-bond acceptors (Lipinski definition) is 6. The van der Waals surface area contributed by atoms with Crippen LogP contribution < -0.4 is 5.32 Å². The van der Waals surface area contributed by atoms with Crippen molar-refractivity contribution in [1.29, 1.82) is 0 Å². The van der Waals surface area contributed by atoms with Crippen LogP contribution in [0.3, 0.4) is 0 Å². The van der Waals surface area contributed by atoms with Gasteiger partial charge in [0.2, 0.25) is 15.9 Å². The molecule has 2 aliphatic rings. The summed E-state index contributed by atoms with van der Waals surface area (Å²) in [5.74, 6) is -1.16. The molecule has 1 N–H and O–H groups in total. The van der Waals surface area contributed by atoms with Gasteiger partial charge in [0.25, 0.3) is 0 Å². The van der Waals surface area contributed by atoms with E-state index in [4.69, 9.17) is 4.74 Å². The van der Waals surface area contributed by atoms with Gasteiger partial charge in [-0.15, -0.1) is 11.3 Å². The van der Waals surface area contributed by atoms with E-state index >= 15 is 0 Å². The van der Waals surface area contributed by atoms with Gasteiger partial charge in [0, 0.05) is 18.0 Å². The molecule has 0 saturated carbocycles. The van der Waals surface area contributed by atoms with Crippen molar-refractivity contribution >= 4 is 38.2 Å². The number of nitrogens with one attached hydrogen (secondary N) is 1. The molecule has 1 atom stereocenters. The van der Waals surface area contributed by atoms with Crippen molar-refractivity contribution in [2.45, 2.75) is 56.8 Å². The Kier molecular flexibility index (Phi) is 7.21. The average Bonchev–Trinajstić information content (AvgIpc) is 2.98. The number of hydrogen-bond donors (Lipinski definition) is 1. The summed E-state index contributed by atoms with van der Waals surface area (Å²) >= 11 is 1.45. The first kappa shape index (κ1) is 23.9. The molecular weight excluding hydrogens is 460 g/mol. The number of anilines is 1. The molecule has 0 spiro atoms. The quantitative estimate of drug-likeness (QED) is 0.502. The number of sulfonamides is 1. The van der Waals surface area contributed by atoms with Gasteiger partial charge in [-0.3, -0.25) is 4.79 Å². The summed E-state index contributed by atoms with van der Waals surface area (Å²) in [5, 5.41) is 3.47. The summed E-state index contributed by atoms with van der Waals surface area (Å²) in [5.41, 5.74) is 2.44. The fourth-order valence-corrected chi connectivity index (χ4v) is 7.40. The number of methoxy groups -OCH3 is 1. The number of fused-ring (bicyclic) bond motifs is 1. The molecule has 2 heterocycles. The first-order valence-electron chi connectivity index (χ1n) is 11.4. The Hall–Kier alpha value is -2.23. The van der Waals surface area contributed by atoms with Crippen molar-refractivity contribution in [3.05, 3.63) is 45.8 Å². The van der Waals surface area contributed by atoms with E-state index in [1.54, 1.807) is 24.3 Å². The summed E-state index contributed by atoms with van der Waals surface area (Å²) in [6.45, 7) is 2.42. The van der Waals surface area contributed by atoms with Gasteiger partial charge in [0.1, 0.15) is 5.00 Å². The molecular formula is C24H30N2O5S2. The third kappa shape index (κ3) is 5.00. The summed E-state index contributed by atoms with van der Waals surface area (Å²) in [7, 11) is -2.32. The Morgan fingerprint density at radius 1 is 1.09 bits per heavy atom. The number of aryl methyl sites for hydroxylation is 2. The first-order valence-corrected chi connectivity index (χ1v) is 13.7. The standard InChI is InChI=1S/C24H30N2O5S2/c1-16-10-12-18(13-11-16)33(29,30)26-14-6-7-17(15-26)22(27)25-23-21(24(28)31-2)19-8-4-3-5-9-20(19)32-23/h10-13,17H,3-9,14-15H2,1-2H3,(H,25,27). The molecule has 1 aromatic carbocycles. The predicted molar refractivity (Wildman–Crippen MR) is 128 cm³/mol. The summed E-state index contributed by atoms with van der Waals surface area (Å²) in [6, 6.07) is 6.76. The fraction of sp³-hybridized carbons (Fsp3) is 0.500. The number of thiophene rings is 1. The lowest BCUT2D eigenvalue weighted by Gasteiger charge is -2.31. The van der Waals surface area contributed by atoms with Crippen LogP contribution in [0.2, 0.25) is 0 Å². The fourth-order valence-electron chi connectivity index (χ4n) is 4.60. The molecule has 1 aromatic heterocycles. The molecule has 7 nitrogen and oxygen atoms in total. The van der Waals surface area contributed by atoms with E-state index < -0.39 is 21.9 Å². The number of piperidine rings is 1. The maximum absolute atomic E-state index is 13.2. The topological polar surface area (TPSA) is 92.8 Å². The normalized spacial score (nSPS) is 19.4. The third-order valence-corrected chi connectivity index (χ3v) is 9.55. The molecule has 9 heteroatoms. The molecule has 1 fully saturated rings. The Morgan fingerprint density at radius 3 is 2.55 bits per heavy atom. The highest BCUT2D eigenvalue weighted by Gasteiger charge is 2.34. The number of ether oxygens (including phenoxy) is 1. The van der Waals surface area contributed by atoms with E-state index in [0.29, 0.717) is 30.0 Å². The number of esters is 1. The highest BCUT2D eigenvalue weighted by molar-refractivity contribution is 7.89. The predicted octanol–water partition coefficient (Wildman–Crippen LogP) is 4.15.